The van der Waals surface area contributed by atoms with Gasteiger partial charge in [0, 0.05) is 13.0 Å². The molecule has 0 aliphatic heterocycles. The van der Waals surface area contributed by atoms with Crippen LogP contribution in [0.4, 0.5) is 0 Å². The normalized spacial score (nSPS) is 10.7. The molecule has 1 N–H and O–H groups in total. The first kappa shape index (κ1) is 12.8. The average Bonchev–Trinajstić information content (AvgIpc) is 2.92. The third kappa shape index (κ3) is 4.67. The van der Waals surface area contributed by atoms with Crippen molar-refractivity contribution in [3.8, 4) is 0 Å². The smallest absolute Gasteiger partial charge is 0.213 e. The number of hydrogen-bond donors (Lipinski definition) is 1. The van der Waals surface area contributed by atoms with Crippen molar-refractivity contribution >= 4 is 0 Å². The first-order valence-corrected chi connectivity index (χ1v) is 6.45. The molecule has 0 atom stereocenters. The number of hydrogen-bond acceptors (Lipinski definition) is 4. The Morgan fingerprint density at radius 3 is 2.67 bits per heavy atom. The first-order valence-electron chi connectivity index (χ1n) is 6.45. The summed E-state index contributed by atoms with van der Waals surface area (Å²) in [5, 5.41) is 7.15. The summed E-state index contributed by atoms with van der Waals surface area (Å²) in [4.78, 5) is 3.97. The Bertz CT molecular complexity index is 414. The van der Waals surface area contributed by atoms with E-state index in [1.54, 1.807) is 0 Å². The molecule has 0 radical (unpaired) electrons. The minimum Gasteiger partial charge on any atom is -0.343 e. The topological polar surface area (TPSA) is 51.0 Å². The highest BCUT2D eigenvalue weighted by Crippen LogP contribution is 2.03. The summed E-state index contributed by atoms with van der Waals surface area (Å²) in [6, 6.07) is 10.6. The zero-order chi connectivity index (χ0) is 12.5. The van der Waals surface area contributed by atoms with Gasteiger partial charge in [-0.2, -0.15) is 4.98 Å². The van der Waals surface area contributed by atoms with Crippen molar-refractivity contribution in [1.29, 1.82) is 0 Å². The Hall–Kier alpha value is -1.68. The lowest BCUT2D eigenvalue weighted by atomic mass is 10.1. The molecule has 2 rings (SSSR count). The van der Waals surface area contributed by atoms with Crippen molar-refractivity contribution in [1.82, 2.24) is 15.5 Å². The minimum absolute atomic E-state index is 0.770. The summed E-state index contributed by atoms with van der Waals surface area (Å²) in [7, 11) is 0. The summed E-state index contributed by atoms with van der Waals surface area (Å²) in [5.41, 5.74) is 1.42. The van der Waals surface area contributed by atoms with Crippen molar-refractivity contribution in [2.24, 2.45) is 0 Å². The minimum atomic E-state index is 0.770. The molecule has 4 heteroatoms. The van der Waals surface area contributed by atoms with Crippen LogP contribution < -0.4 is 5.32 Å². The lowest BCUT2D eigenvalue weighted by Crippen LogP contribution is -2.19. The summed E-state index contributed by atoms with van der Waals surface area (Å²) in [5.74, 6) is 0.770. The fraction of sp³-hybridized carbons (Fsp3) is 0.429. The van der Waals surface area contributed by atoms with E-state index in [9.17, 15) is 0 Å². The van der Waals surface area contributed by atoms with E-state index in [0.29, 0.717) is 0 Å². The van der Waals surface area contributed by atoms with Gasteiger partial charge in [0.05, 0.1) is 0 Å². The fourth-order valence-electron chi connectivity index (χ4n) is 1.85. The van der Waals surface area contributed by atoms with Crippen LogP contribution >= 0.6 is 0 Å². The van der Waals surface area contributed by atoms with Crippen LogP contribution in [0.25, 0.3) is 0 Å². The SMILES string of the molecule is c1ccc(CCCCNCCc2ncon2)cc1. The van der Waals surface area contributed by atoms with Crippen LogP contribution in [0, 0.1) is 0 Å². The molecule has 1 aromatic heterocycles. The second-order valence-electron chi connectivity index (χ2n) is 4.29. The van der Waals surface area contributed by atoms with Gasteiger partial charge in [0.1, 0.15) is 0 Å². The third-order valence-electron chi connectivity index (χ3n) is 2.84. The van der Waals surface area contributed by atoms with Crippen LogP contribution in [-0.4, -0.2) is 23.2 Å². The lowest BCUT2D eigenvalue weighted by molar-refractivity contribution is 0.409. The maximum atomic E-state index is 4.67. The quantitative estimate of drug-likeness (QED) is 0.725. The molecule has 0 spiro atoms. The molecule has 4 nitrogen and oxygen atoms in total. The van der Waals surface area contributed by atoms with Gasteiger partial charge in [0.2, 0.25) is 6.39 Å². The molecule has 2 aromatic rings. The largest absolute Gasteiger partial charge is 0.343 e. The molecule has 0 bridgehead atoms. The van der Waals surface area contributed by atoms with Crippen LogP contribution in [0.2, 0.25) is 0 Å². The summed E-state index contributed by atoms with van der Waals surface area (Å²) in [6.07, 6.45) is 5.78. The molecule has 96 valence electrons. The van der Waals surface area contributed by atoms with Gasteiger partial charge in [0.15, 0.2) is 5.82 Å². The molecule has 0 amide bonds. The molecule has 0 saturated heterocycles. The monoisotopic (exact) mass is 245 g/mol. The highest BCUT2D eigenvalue weighted by molar-refractivity contribution is 5.14. The van der Waals surface area contributed by atoms with E-state index in [1.165, 1.54) is 24.8 Å². The molecule has 0 aliphatic carbocycles. The van der Waals surface area contributed by atoms with Crippen molar-refractivity contribution in [2.45, 2.75) is 25.7 Å². The molecule has 0 aliphatic rings. The zero-order valence-electron chi connectivity index (χ0n) is 10.5. The number of aromatic nitrogens is 2. The van der Waals surface area contributed by atoms with E-state index in [1.807, 2.05) is 0 Å². The molecule has 0 unspecified atom stereocenters. The average molecular weight is 245 g/mol. The highest BCUT2D eigenvalue weighted by Gasteiger charge is 1.97. The number of unbranched alkanes of at least 4 members (excludes halogenated alkanes) is 1. The maximum absolute atomic E-state index is 4.67. The van der Waals surface area contributed by atoms with Crippen molar-refractivity contribution < 1.29 is 4.52 Å². The molecule has 1 heterocycles. The molecule has 18 heavy (non-hydrogen) atoms. The number of benzene rings is 1. The third-order valence-corrected chi connectivity index (χ3v) is 2.84. The van der Waals surface area contributed by atoms with Gasteiger partial charge in [-0.3, -0.25) is 0 Å². The maximum Gasteiger partial charge on any atom is 0.213 e. The van der Waals surface area contributed by atoms with Crippen LogP contribution in [0.5, 0.6) is 0 Å². The Morgan fingerprint density at radius 1 is 1.00 bits per heavy atom. The summed E-state index contributed by atoms with van der Waals surface area (Å²) >= 11 is 0. The Morgan fingerprint density at radius 2 is 1.89 bits per heavy atom. The highest BCUT2D eigenvalue weighted by atomic mass is 16.5. The van der Waals surface area contributed by atoms with Gasteiger partial charge in [0.25, 0.3) is 0 Å². The molecule has 1 aromatic carbocycles. The van der Waals surface area contributed by atoms with Gasteiger partial charge < -0.3 is 9.84 Å². The standard InChI is InChI=1S/C14H19N3O/c1-2-6-13(7-3-1)8-4-5-10-15-11-9-14-16-12-18-17-14/h1-3,6-7,12,15H,4-5,8-11H2. The molecule has 0 saturated carbocycles. The van der Waals surface area contributed by atoms with Crippen LogP contribution in [0.3, 0.4) is 0 Å². The van der Waals surface area contributed by atoms with E-state index in [0.717, 1.165) is 31.8 Å². The van der Waals surface area contributed by atoms with Crippen molar-refractivity contribution in [3.05, 3.63) is 48.1 Å². The first-order chi connectivity index (χ1) is 8.95. The van der Waals surface area contributed by atoms with Gasteiger partial charge in [-0.05, 0) is 31.4 Å². The van der Waals surface area contributed by atoms with E-state index >= 15 is 0 Å². The van der Waals surface area contributed by atoms with Gasteiger partial charge in [-0.25, -0.2) is 0 Å². The summed E-state index contributed by atoms with van der Waals surface area (Å²) < 4.78 is 4.67. The van der Waals surface area contributed by atoms with Crippen molar-refractivity contribution in [3.63, 3.8) is 0 Å². The Kier molecular flexibility index (Phi) is 5.40. The van der Waals surface area contributed by atoms with E-state index in [4.69, 9.17) is 0 Å². The van der Waals surface area contributed by atoms with E-state index < -0.39 is 0 Å². The molecular weight excluding hydrogens is 226 g/mol. The van der Waals surface area contributed by atoms with Gasteiger partial charge >= 0.3 is 0 Å². The second kappa shape index (κ2) is 7.61. The Labute approximate surface area is 107 Å². The predicted molar refractivity (Wildman–Crippen MR) is 70.3 cm³/mol. The number of aryl methyl sites for hydroxylation is 1. The number of rotatable bonds is 8. The number of nitrogens with zero attached hydrogens (tertiary/aromatic N) is 2. The van der Waals surface area contributed by atoms with Crippen LogP contribution in [-0.2, 0) is 12.8 Å². The second-order valence-corrected chi connectivity index (χ2v) is 4.29. The molecule has 0 fully saturated rings. The van der Waals surface area contributed by atoms with Gasteiger partial charge in [-0.15, -0.1) is 0 Å². The van der Waals surface area contributed by atoms with E-state index in [-0.39, 0.29) is 0 Å². The summed E-state index contributed by atoms with van der Waals surface area (Å²) in [6.45, 7) is 1.95. The zero-order valence-corrected chi connectivity index (χ0v) is 10.5. The van der Waals surface area contributed by atoms with Crippen molar-refractivity contribution in [2.75, 3.05) is 13.1 Å². The van der Waals surface area contributed by atoms with E-state index in [2.05, 4.69) is 50.3 Å². The van der Waals surface area contributed by atoms with Gasteiger partial charge in [-0.1, -0.05) is 35.5 Å². The predicted octanol–water partition coefficient (Wildman–Crippen LogP) is 2.22. The lowest BCUT2D eigenvalue weighted by Gasteiger charge is -2.03. The Balaban J connectivity index is 1.47. The fourth-order valence-corrected chi connectivity index (χ4v) is 1.85. The number of nitrogens with one attached hydrogen (secondary N) is 1. The van der Waals surface area contributed by atoms with Crippen LogP contribution in [0.1, 0.15) is 24.2 Å². The molecular formula is C14H19N3O. The van der Waals surface area contributed by atoms with Crippen LogP contribution in [0.15, 0.2) is 41.2 Å².